The highest BCUT2D eigenvalue weighted by molar-refractivity contribution is 7.98. The molecule has 0 amide bonds. The van der Waals surface area contributed by atoms with Gasteiger partial charge in [-0.05, 0) is 24.5 Å². The summed E-state index contributed by atoms with van der Waals surface area (Å²) in [5, 5.41) is -0.782. The first-order valence-electron chi connectivity index (χ1n) is 4.02. The fourth-order valence-electron chi connectivity index (χ4n) is 1.16. The van der Waals surface area contributed by atoms with Gasteiger partial charge in [-0.25, -0.2) is 4.98 Å². The molecule has 0 bridgehead atoms. The molecule has 0 atom stereocenters. The summed E-state index contributed by atoms with van der Waals surface area (Å²) in [5.41, 5.74) is 0.416. The number of thioether (sulfide) groups is 1. The first kappa shape index (κ1) is 10.8. The molecule has 1 heterocycles. The summed E-state index contributed by atoms with van der Waals surface area (Å²) in [6.07, 6.45) is -2.47. The number of rotatable bonds is 1. The minimum absolute atomic E-state index is 0.416. The lowest BCUT2D eigenvalue weighted by Crippen LogP contribution is -2.03. The van der Waals surface area contributed by atoms with Crippen LogP contribution in [0.25, 0.3) is 10.2 Å². The van der Waals surface area contributed by atoms with Crippen LogP contribution in [0, 0.1) is 0 Å². The van der Waals surface area contributed by atoms with E-state index >= 15 is 0 Å². The molecule has 0 saturated heterocycles. The third kappa shape index (κ3) is 2.10. The normalized spacial score (nSPS) is 12.3. The highest BCUT2D eigenvalue weighted by Crippen LogP contribution is 2.36. The van der Waals surface area contributed by atoms with Crippen LogP contribution in [0.5, 0.6) is 0 Å². The van der Waals surface area contributed by atoms with Crippen LogP contribution in [-0.4, -0.2) is 11.2 Å². The van der Waals surface area contributed by atoms with E-state index in [-0.39, 0.29) is 0 Å². The number of alkyl halides is 3. The molecule has 2 aromatic rings. The average molecular weight is 249 g/mol. The van der Waals surface area contributed by atoms with E-state index in [2.05, 4.69) is 4.98 Å². The van der Waals surface area contributed by atoms with Crippen molar-refractivity contribution >= 4 is 33.3 Å². The highest BCUT2D eigenvalue weighted by atomic mass is 32.2. The standard InChI is InChI=1S/C9H6F3NS2/c1-14-5-2-3-7-6(4-5)13-8(15-7)9(10,11)12/h2-4H,1H3. The predicted molar refractivity (Wildman–Crippen MR) is 56.4 cm³/mol. The number of hydrogen-bond donors (Lipinski definition) is 0. The second-order valence-electron chi connectivity index (χ2n) is 2.85. The van der Waals surface area contributed by atoms with Crippen LogP contribution < -0.4 is 0 Å². The van der Waals surface area contributed by atoms with Gasteiger partial charge in [-0.15, -0.1) is 23.1 Å². The molecule has 0 spiro atoms. The maximum absolute atomic E-state index is 12.4. The van der Waals surface area contributed by atoms with E-state index in [4.69, 9.17) is 0 Å². The van der Waals surface area contributed by atoms with Gasteiger partial charge in [0.2, 0.25) is 0 Å². The Labute approximate surface area is 92.3 Å². The maximum Gasteiger partial charge on any atom is 0.443 e. The zero-order valence-corrected chi connectivity index (χ0v) is 9.26. The van der Waals surface area contributed by atoms with Gasteiger partial charge in [0.25, 0.3) is 0 Å². The largest absolute Gasteiger partial charge is 0.443 e. The Hall–Kier alpha value is -0.750. The van der Waals surface area contributed by atoms with Gasteiger partial charge in [-0.3, -0.25) is 0 Å². The van der Waals surface area contributed by atoms with Gasteiger partial charge in [0, 0.05) is 4.90 Å². The fraction of sp³-hybridized carbons (Fsp3) is 0.222. The lowest BCUT2D eigenvalue weighted by molar-refractivity contribution is -0.137. The van der Waals surface area contributed by atoms with Gasteiger partial charge >= 0.3 is 6.18 Å². The number of halogens is 3. The van der Waals surface area contributed by atoms with Crippen molar-refractivity contribution in [1.29, 1.82) is 0 Å². The van der Waals surface area contributed by atoms with E-state index < -0.39 is 11.2 Å². The lowest BCUT2D eigenvalue weighted by Gasteiger charge is -1.98. The monoisotopic (exact) mass is 249 g/mol. The molecule has 1 aromatic carbocycles. The van der Waals surface area contributed by atoms with Crippen molar-refractivity contribution in [2.24, 2.45) is 0 Å². The number of thiazole rings is 1. The molecule has 6 heteroatoms. The van der Waals surface area contributed by atoms with E-state index in [1.807, 2.05) is 6.26 Å². The van der Waals surface area contributed by atoms with Gasteiger partial charge in [0.15, 0.2) is 5.01 Å². The summed E-state index contributed by atoms with van der Waals surface area (Å²) in [6.45, 7) is 0. The Morgan fingerprint density at radius 3 is 2.67 bits per heavy atom. The van der Waals surface area contributed by atoms with E-state index in [0.717, 1.165) is 4.90 Å². The van der Waals surface area contributed by atoms with Crippen molar-refractivity contribution in [2.75, 3.05) is 6.26 Å². The van der Waals surface area contributed by atoms with Crippen molar-refractivity contribution < 1.29 is 13.2 Å². The summed E-state index contributed by atoms with van der Waals surface area (Å²) >= 11 is 2.16. The van der Waals surface area contributed by atoms with Gasteiger partial charge in [-0.2, -0.15) is 13.2 Å². The zero-order chi connectivity index (χ0) is 11.1. The molecule has 0 aliphatic carbocycles. The van der Waals surface area contributed by atoms with Gasteiger partial charge in [0.05, 0.1) is 10.2 Å². The molecule has 0 unspecified atom stereocenters. The average Bonchev–Trinajstić information content (AvgIpc) is 2.59. The van der Waals surface area contributed by atoms with Crippen LogP contribution in [-0.2, 0) is 6.18 Å². The summed E-state index contributed by atoms with van der Waals surface area (Å²) in [5.74, 6) is 0. The van der Waals surface area contributed by atoms with Crippen LogP contribution in [0.3, 0.4) is 0 Å². The topological polar surface area (TPSA) is 12.9 Å². The Morgan fingerprint density at radius 2 is 2.07 bits per heavy atom. The molecule has 0 aliphatic rings. The van der Waals surface area contributed by atoms with Crippen LogP contribution in [0.2, 0.25) is 0 Å². The van der Waals surface area contributed by atoms with Crippen LogP contribution in [0.1, 0.15) is 5.01 Å². The van der Waals surface area contributed by atoms with E-state index in [1.54, 1.807) is 18.2 Å². The van der Waals surface area contributed by atoms with Crippen molar-refractivity contribution in [3.63, 3.8) is 0 Å². The molecule has 1 aromatic heterocycles. The second-order valence-corrected chi connectivity index (χ2v) is 4.76. The van der Waals surface area contributed by atoms with Gasteiger partial charge in [-0.1, -0.05) is 0 Å². The minimum atomic E-state index is -4.34. The number of nitrogens with zero attached hydrogens (tertiary/aromatic N) is 1. The van der Waals surface area contributed by atoms with E-state index in [0.29, 0.717) is 21.6 Å². The quantitative estimate of drug-likeness (QED) is 0.707. The number of hydrogen-bond acceptors (Lipinski definition) is 3. The molecule has 0 saturated carbocycles. The maximum atomic E-state index is 12.4. The molecule has 0 fully saturated rings. The SMILES string of the molecule is CSc1ccc2sc(C(F)(F)F)nc2c1. The van der Waals surface area contributed by atoms with Crippen molar-refractivity contribution in [3.8, 4) is 0 Å². The fourth-order valence-corrected chi connectivity index (χ4v) is 2.40. The summed E-state index contributed by atoms with van der Waals surface area (Å²) in [6, 6.07) is 5.14. The molecule has 80 valence electrons. The molecular formula is C9H6F3NS2. The lowest BCUT2D eigenvalue weighted by atomic mass is 10.3. The molecule has 0 N–H and O–H groups in total. The van der Waals surface area contributed by atoms with Crippen molar-refractivity contribution in [1.82, 2.24) is 4.98 Å². The van der Waals surface area contributed by atoms with E-state index in [1.165, 1.54) is 11.8 Å². The van der Waals surface area contributed by atoms with Crippen LogP contribution in [0.15, 0.2) is 23.1 Å². The van der Waals surface area contributed by atoms with Crippen molar-refractivity contribution in [3.05, 3.63) is 23.2 Å². The number of fused-ring (bicyclic) bond motifs is 1. The highest BCUT2D eigenvalue weighted by Gasteiger charge is 2.34. The van der Waals surface area contributed by atoms with Gasteiger partial charge in [0.1, 0.15) is 0 Å². The third-order valence-electron chi connectivity index (χ3n) is 1.84. The smallest absolute Gasteiger partial charge is 0.232 e. The number of aromatic nitrogens is 1. The first-order valence-corrected chi connectivity index (χ1v) is 6.06. The minimum Gasteiger partial charge on any atom is -0.232 e. The molecule has 2 rings (SSSR count). The van der Waals surface area contributed by atoms with Crippen LogP contribution >= 0.6 is 23.1 Å². The number of benzene rings is 1. The zero-order valence-electron chi connectivity index (χ0n) is 7.63. The Morgan fingerprint density at radius 1 is 1.33 bits per heavy atom. The van der Waals surface area contributed by atoms with Crippen LogP contribution in [0.4, 0.5) is 13.2 Å². The Balaban J connectivity index is 2.56. The van der Waals surface area contributed by atoms with Crippen molar-refractivity contribution in [2.45, 2.75) is 11.1 Å². The Bertz CT molecular complexity index is 490. The molecule has 0 aliphatic heterocycles. The Kier molecular flexibility index (Phi) is 2.64. The third-order valence-corrected chi connectivity index (χ3v) is 3.64. The first-order chi connectivity index (χ1) is 7.00. The molecular weight excluding hydrogens is 243 g/mol. The summed E-state index contributed by atoms with van der Waals surface area (Å²) in [4.78, 5) is 4.49. The van der Waals surface area contributed by atoms with Gasteiger partial charge < -0.3 is 0 Å². The molecule has 15 heavy (non-hydrogen) atoms. The second kappa shape index (κ2) is 3.68. The summed E-state index contributed by atoms with van der Waals surface area (Å²) in [7, 11) is 0. The molecule has 1 nitrogen and oxygen atoms in total. The summed E-state index contributed by atoms with van der Waals surface area (Å²) < 4.78 is 37.6. The predicted octanol–water partition coefficient (Wildman–Crippen LogP) is 4.04. The molecule has 0 radical (unpaired) electrons. The van der Waals surface area contributed by atoms with E-state index in [9.17, 15) is 13.2 Å².